The normalized spacial score (nSPS) is 39.1. The largest absolute Gasteiger partial charge is 3.00 e. The Balaban J connectivity index is 0.000000423. The maximum absolute atomic E-state index is 7.02. The van der Waals surface area contributed by atoms with Crippen molar-refractivity contribution in [2.45, 2.75) is 186 Å². The Hall–Kier alpha value is 1.91. The van der Waals surface area contributed by atoms with Crippen LogP contribution in [-0.4, -0.2) is 36.8 Å². The average Bonchev–Trinajstić information content (AvgIpc) is 3.45. The van der Waals surface area contributed by atoms with Crippen molar-refractivity contribution in [1.82, 2.24) is 0 Å². The van der Waals surface area contributed by atoms with Gasteiger partial charge in [-0.3, -0.25) is 0 Å². The molecule has 9 atom stereocenters. The van der Waals surface area contributed by atoms with Crippen LogP contribution in [0, 0.1) is 81.8 Å². The zero-order valence-corrected chi connectivity index (χ0v) is 35.6. The number of rotatable bonds is 7. The molecule has 0 amide bonds. The molecule has 5 fully saturated rings. The maximum atomic E-state index is 7.02. The fourth-order valence-corrected chi connectivity index (χ4v) is 24.7. The maximum Gasteiger partial charge on any atom is 3.00 e. The Bertz CT molecular complexity index is 789. The molecule has 243 valence electrons. The van der Waals surface area contributed by atoms with Crippen molar-refractivity contribution in [3.8, 4) is 0 Å². The molecule has 0 spiro atoms. The molecule has 5 aliphatic rings. The van der Waals surface area contributed by atoms with Crippen molar-refractivity contribution >= 4 is 24.5 Å². The summed E-state index contributed by atoms with van der Waals surface area (Å²) in [4.78, 5) is 0. The van der Waals surface area contributed by atoms with E-state index in [1.165, 1.54) is 64.2 Å². The first kappa shape index (κ1) is 38.4. The Kier molecular flexibility index (Phi) is 14.5. The van der Waals surface area contributed by atoms with Gasteiger partial charge in [0.05, 0.1) is 20.3 Å². The number of fused-ring (bicyclic) bond motifs is 3. The zero-order valence-electron chi connectivity index (χ0n) is 30.0. The summed E-state index contributed by atoms with van der Waals surface area (Å²) in [5.41, 5.74) is 2.17. The van der Waals surface area contributed by atoms with E-state index >= 15 is 0 Å². The third-order valence-electron chi connectivity index (χ3n) is 12.5. The van der Waals surface area contributed by atoms with E-state index < -0.39 is 24.5 Å². The summed E-state index contributed by atoms with van der Waals surface area (Å²) < 4.78 is 11.8. The van der Waals surface area contributed by atoms with Crippen LogP contribution in [0.1, 0.15) is 111 Å². The third-order valence-corrected chi connectivity index (χ3v) is 23.1. The van der Waals surface area contributed by atoms with Crippen LogP contribution >= 0.6 is 0 Å². The molecule has 5 saturated carbocycles. The first-order valence-electron chi connectivity index (χ1n) is 18.5. The monoisotopic (exact) mass is 770 g/mol. The Morgan fingerprint density at radius 3 is 1.57 bits per heavy atom. The first-order valence-corrected chi connectivity index (χ1v) is 28.5. The van der Waals surface area contributed by atoms with Crippen LogP contribution in [0.15, 0.2) is 0 Å². The van der Waals surface area contributed by atoms with Crippen LogP contribution in [0.2, 0.25) is 63.5 Å². The minimum absolute atomic E-state index is 0. The van der Waals surface area contributed by atoms with Crippen molar-refractivity contribution in [1.29, 1.82) is 0 Å². The molecule has 5 aliphatic carbocycles. The second kappa shape index (κ2) is 15.9. The molecule has 0 aromatic rings. The van der Waals surface area contributed by atoms with Gasteiger partial charge in [0.2, 0.25) is 0 Å². The average molecular weight is 770 g/mol. The summed E-state index contributed by atoms with van der Waals surface area (Å²) in [6.07, 6.45) is 22.0. The van der Waals surface area contributed by atoms with Crippen LogP contribution in [0.5, 0.6) is 0 Å². The van der Waals surface area contributed by atoms with Crippen LogP contribution in [0.25, 0.3) is 4.65 Å². The molecule has 0 bridgehead atoms. The molecule has 42 heavy (non-hydrogen) atoms. The van der Waals surface area contributed by atoms with Crippen LogP contribution in [0.4, 0.5) is 0 Å². The van der Waals surface area contributed by atoms with E-state index in [2.05, 4.69) is 73.1 Å². The van der Waals surface area contributed by atoms with E-state index in [-0.39, 0.29) is 40.4 Å². The van der Waals surface area contributed by atoms with Crippen molar-refractivity contribution < 1.29 is 45.1 Å². The van der Waals surface area contributed by atoms with Crippen molar-refractivity contribution in [3.63, 3.8) is 0 Å². The molecule has 0 aromatic carbocycles. The topological polar surface area (TPSA) is 23.3 Å². The number of hydrogen-bond acceptors (Lipinski definition) is 1. The second-order valence-electron chi connectivity index (χ2n) is 18.7. The van der Waals surface area contributed by atoms with Gasteiger partial charge < -0.3 is 9.38 Å². The van der Waals surface area contributed by atoms with Crippen LogP contribution < -0.4 is 0 Å². The molecular weight excluding hydrogens is 697 g/mol. The van der Waals surface area contributed by atoms with Crippen molar-refractivity contribution in [2.24, 2.45) is 41.4 Å². The molecular formula is C36H72NOSi3Sm+2. The minimum atomic E-state index is -1.29. The Labute approximate surface area is 299 Å². The fraction of sp³-hybridized carbons (Fsp3) is 1.00. The summed E-state index contributed by atoms with van der Waals surface area (Å²) >= 11 is 0. The minimum Gasteiger partial charge on any atom is -0.668 e. The number of hydrogen-bond donors (Lipinski definition) is 0. The molecule has 0 saturated heterocycles. The Morgan fingerprint density at radius 1 is 0.619 bits per heavy atom. The van der Waals surface area contributed by atoms with E-state index in [1.807, 2.05) is 0 Å². The van der Waals surface area contributed by atoms with Crippen molar-refractivity contribution in [3.05, 3.63) is 4.65 Å². The summed E-state index contributed by atoms with van der Waals surface area (Å²) in [6.45, 7) is 26.8. The van der Waals surface area contributed by atoms with Gasteiger partial charge in [-0.1, -0.05) is 141 Å². The van der Waals surface area contributed by atoms with Gasteiger partial charge in [-0.25, -0.2) is 0 Å². The van der Waals surface area contributed by atoms with Gasteiger partial charge in [0.25, 0.3) is 0 Å². The molecule has 1 radical (unpaired) electrons. The van der Waals surface area contributed by atoms with Crippen molar-refractivity contribution in [2.75, 3.05) is 0 Å². The van der Waals surface area contributed by atoms with E-state index in [4.69, 9.17) is 9.38 Å². The third kappa shape index (κ3) is 9.96. The zero-order chi connectivity index (χ0) is 30.2. The van der Waals surface area contributed by atoms with Crippen LogP contribution in [-0.2, 0) is 4.74 Å². The quantitative estimate of drug-likeness (QED) is 0.237. The standard InChI is InChI=1S/C30H54OSi.C6H18NSi2.Sm/c1-20(2)24-17-14-21(3)18-29(24)31-22-15-16-23(19-22)32(4,5)30-27-12-8-6-10-25(27)26-11-7-9-13-28(26)30;1-8(2,3)7-9(4,5)6;/h20-30H,6-19H2,1-5H3;1-6H3;/q;-1;+3/t21-,22?,23?,24+,25?,26?,27?,28?,29-,30?;;/m1../s1. The SMILES string of the molecule is CC(C)[C@@H]1CC[C@@H](C)C[C@H]1OC1CCC([Si](C)(C)C2C3CCCCC3C3CCCCC32)C1.C[Si](C)(C)[N-][Si](C)(C)C.[Sm+3]. The van der Waals surface area contributed by atoms with E-state index in [9.17, 15) is 0 Å². The van der Waals surface area contributed by atoms with Crippen LogP contribution in [0.3, 0.4) is 0 Å². The molecule has 0 aliphatic heterocycles. The van der Waals surface area contributed by atoms with Gasteiger partial charge >= 0.3 is 40.4 Å². The predicted molar refractivity (Wildman–Crippen MR) is 190 cm³/mol. The fourth-order valence-electron chi connectivity index (χ4n) is 11.3. The molecule has 6 unspecified atom stereocenters. The van der Waals surface area contributed by atoms with Gasteiger partial charge in [0.15, 0.2) is 0 Å². The van der Waals surface area contributed by atoms with Gasteiger partial charge in [-0.15, -0.1) is 0 Å². The Morgan fingerprint density at radius 2 is 1.12 bits per heavy atom. The first-order chi connectivity index (χ1) is 19.1. The number of nitrogens with zero attached hydrogens (tertiary/aromatic N) is 1. The predicted octanol–water partition coefficient (Wildman–Crippen LogP) is 12.1. The summed E-state index contributed by atoms with van der Waals surface area (Å²) in [7, 11) is -3.51. The smallest absolute Gasteiger partial charge is 0.668 e. The molecule has 0 N–H and O–H groups in total. The number of ether oxygens (including phenoxy) is 1. The van der Waals surface area contributed by atoms with Gasteiger partial charge in [-0.2, -0.15) is 0 Å². The summed E-state index contributed by atoms with van der Waals surface area (Å²) in [6, 6.07) is 0. The second-order valence-corrected chi connectivity index (χ2v) is 33.4. The van der Waals surface area contributed by atoms with Gasteiger partial charge in [0, 0.05) is 0 Å². The van der Waals surface area contributed by atoms with E-state index in [0.717, 1.165) is 52.5 Å². The molecule has 0 heterocycles. The molecule has 5 rings (SSSR count). The van der Waals surface area contributed by atoms with E-state index in [0.29, 0.717) is 12.2 Å². The van der Waals surface area contributed by atoms with Gasteiger partial charge in [-0.05, 0) is 91.0 Å². The van der Waals surface area contributed by atoms with E-state index in [1.54, 1.807) is 25.7 Å². The summed E-state index contributed by atoms with van der Waals surface area (Å²) in [5.74, 6) is 6.91. The molecule has 6 heteroatoms. The van der Waals surface area contributed by atoms with Gasteiger partial charge in [0.1, 0.15) is 0 Å². The summed E-state index contributed by atoms with van der Waals surface area (Å²) in [5, 5.41) is 0. The molecule has 0 aromatic heterocycles. The molecule has 2 nitrogen and oxygen atoms in total.